The normalized spacial score (nSPS) is 23.5. The summed E-state index contributed by atoms with van der Waals surface area (Å²) in [4.78, 5) is 0. The first kappa shape index (κ1) is 30.1. The maximum Gasteiger partial charge on any atom is 0.110 e. The fraction of sp³-hybridized carbons (Fsp3) is 0.444. The van der Waals surface area contributed by atoms with Crippen molar-refractivity contribution in [2.24, 2.45) is 0 Å². The van der Waals surface area contributed by atoms with Gasteiger partial charge in [0.1, 0.15) is 5.60 Å². The number of fused-ring (bicyclic) bond motifs is 1. The first-order valence-corrected chi connectivity index (χ1v) is 16.3. The van der Waals surface area contributed by atoms with E-state index in [4.69, 9.17) is 11.6 Å². The second-order valence-corrected chi connectivity index (χ2v) is 15.6. The molecule has 0 heterocycles. The number of rotatable bonds is 3. The van der Waals surface area contributed by atoms with Crippen LogP contribution >= 0.6 is 43.5 Å². The molecule has 3 aromatic rings. The third-order valence-electron chi connectivity index (χ3n) is 10.1. The van der Waals surface area contributed by atoms with E-state index in [2.05, 4.69) is 105 Å². The first-order chi connectivity index (χ1) is 18.6. The van der Waals surface area contributed by atoms with Crippen LogP contribution in [-0.4, -0.2) is 5.11 Å². The summed E-state index contributed by atoms with van der Waals surface area (Å²) in [6, 6.07) is 12.5. The number of allylic oxidation sites excluding steroid dienone is 1. The van der Waals surface area contributed by atoms with Gasteiger partial charge in [0.25, 0.3) is 0 Å². The molecule has 0 amide bonds. The van der Waals surface area contributed by atoms with Crippen LogP contribution in [0, 0.1) is 27.7 Å². The smallest absolute Gasteiger partial charge is 0.110 e. The zero-order chi connectivity index (χ0) is 29.4. The molecule has 0 saturated carbocycles. The van der Waals surface area contributed by atoms with Gasteiger partial charge in [0.2, 0.25) is 0 Å². The highest BCUT2D eigenvalue weighted by molar-refractivity contribution is 9.10. The minimum atomic E-state index is -1.20. The van der Waals surface area contributed by atoms with Gasteiger partial charge in [-0.15, -0.1) is 0 Å². The summed E-state index contributed by atoms with van der Waals surface area (Å²) >= 11 is 14.7. The molecule has 1 N–H and O–H groups in total. The molecule has 0 aliphatic heterocycles. The fourth-order valence-corrected chi connectivity index (χ4v) is 8.94. The van der Waals surface area contributed by atoms with Crippen LogP contribution in [-0.2, 0) is 16.4 Å². The van der Waals surface area contributed by atoms with Crippen molar-refractivity contribution < 1.29 is 5.11 Å². The van der Waals surface area contributed by atoms with Gasteiger partial charge < -0.3 is 5.11 Å². The second-order valence-electron chi connectivity index (χ2n) is 13.6. The molecule has 0 spiro atoms. The third-order valence-corrected chi connectivity index (χ3v) is 12.1. The van der Waals surface area contributed by atoms with Gasteiger partial charge in [-0.3, -0.25) is 0 Å². The number of benzene rings is 3. The summed E-state index contributed by atoms with van der Waals surface area (Å²) in [7, 11) is 0. The molecule has 212 valence electrons. The Morgan fingerprint density at radius 1 is 0.800 bits per heavy atom. The standard InChI is InChI=1S/C36H41Br2ClO/c1-20-21(2)23(4)33(38)32(22(20)3)25-15-24(18-36(40,19-25)27-11-9-10-12-31(27)39)26-16-28-29(17-30(26)37)35(7,8)14-13-34(28,5)6/h9-12,16-18,25,40H,13-15,19H2,1-8H3. The molecular formula is C36H41Br2ClO. The molecule has 4 heteroatoms. The molecule has 2 atom stereocenters. The number of aliphatic hydroxyl groups is 1. The van der Waals surface area contributed by atoms with Crippen LogP contribution in [0.1, 0.15) is 109 Å². The summed E-state index contributed by atoms with van der Waals surface area (Å²) in [5.41, 5.74) is 11.5. The number of hydrogen-bond donors (Lipinski definition) is 1. The van der Waals surface area contributed by atoms with Gasteiger partial charge in [-0.1, -0.05) is 89.4 Å². The van der Waals surface area contributed by atoms with E-state index >= 15 is 0 Å². The van der Waals surface area contributed by atoms with Gasteiger partial charge in [0.05, 0.1) is 0 Å². The maximum atomic E-state index is 12.5. The Kier molecular flexibility index (Phi) is 7.82. The quantitative estimate of drug-likeness (QED) is 0.291. The molecule has 40 heavy (non-hydrogen) atoms. The van der Waals surface area contributed by atoms with E-state index in [0.717, 1.165) is 32.9 Å². The summed E-state index contributed by atoms with van der Waals surface area (Å²) < 4.78 is 2.26. The molecule has 0 bridgehead atoms. The zero-order valence-corrected chi connectivity index (χ0v) is 29.0. The van der Waals surface area contributed by atoms with Crippen molar-refractivity contribution in [3.05, 3.63) is 107 Å². The lowest BCUT2D eigenvalue weighted by Crippen LogP contribution is -2.34. The van der Waals surface area contributed by atoms with Gasteiger partial charge in [-0.05, 0) is 144 Å². The monoisotopic (exact) mass is 682 g/mol. The summed E-state index contributed by atoms with van der Waals surface area (Å²) in [5.74, 6) is 0.112. The molecule has 0 aromatic heterocycles. The average molecular weight is 685 g/mol. The zero-order valence-electron chi connectivity index (χ0n) is 25.0. The molecule has 2 aliphatic rings. The van der Waals surface area contributed by atoms with Crippen LogP contribution in [0.3, 0.4) is 0 Å². The van der Waals surface area contributed by atoms with Crippen LogP contribution in [0.5, 0.6) is 0 Å². The fourth-order valence-electron chi connectivity index (χ4n) is 7.13. The van der Waals surface area contributed by atoms with Crippen LogP contribution in [0.25, 0.3) is 5.57 Å². The highest BCUT2D eigenvalue weighted by Gasteiger charge is 2.41. The van der Waals surface area contributed by atoms with E-state index in [-0.39, 0.29) is 16.7 Å². The topological polar surface area (TPSA) is 20.2 Å². The Hall–Kier alpha value is -1.39. The van der Waals surface area contributed by atoms with Crippen LogP contribution in [0.2, 0.25) is 5.02 Å². The van der Waals surface area contributed by atoms with Gasteiger partial charge >= 0.3 is 0 Å². The molecule has 3 aromatic carbocycles. The van der Waals surface area contributed by atoms with Gasteiger partial charge in [0, 0.05) is 19.5 Å². The first-order valence-electron chi connectivity index (χ1n) is 14.4. The van der Waals surface area contributed by atoms with E-state index in [1.807, 2.05) is 24.3 Å². The van der Waals surface area contributed by atoms with Crippen molar-refractivity contribution in [1.82, 2.24) is 0 Å². The Morgan fingerprint density at radius 3 is 2.00 bits per heavy atom. The Balaban J connectivity index is 1.75. The minimum Gasteiger partial charge on any atom is -0.381 e. The van der Waals surface area contributed by atoms with E-state index in [9.17, 15) is 5.11 Å². The van der Waals surface area contributed by atoms with E-state index < -0.39 is 5.60 Å². The molecule has 2 aliphatic carbocycles. The second kappa shape index (κ2) is 10.4. The van der Waals surface area contributed by atoms with Crippen molar-refractivity contribution in [3.8, 4) is 0 Å². The van der Waals surface area contributed by atoms with E-state index in [1.165, 1.54) is 50.9 Å². The van der Waals surface area contributed by atoms with Gasteiger partial charge in [-0.2, -0.15) is 0 Å². The van der Waals surface area contributed by atoms with Crippen molar-refractivity contribution in [2.45, 2.75) is 103 Å². The lowest BCUT2D eigenvalue weighted by molar-refractivity contribution is 0.0671. The predicted octanol–water partition coefficient (Wildman–Crippen LogP) is 11.3. The Morgan fingerprint density at radius 2 is 1.38 bits per heavy atom. The molecular weight excluding hydrogens is 644 g/mol. The summed E-state index contributed by atoms with van der Waals surface area (Å²) in [6.07, 6.45) is 5.84. The van der Waals surface area contributed by atoms with E-state index in [1.54, 1.807) is 0 Å². The van der Waals surface area contributed by atoms with Crippen LogP contribution < -0.4 is 0 Å². The highest BCUT2D eigenvalue weighted by atomic mass is 79.9. The highest BCUT2D eigenvalue weighted by Crippen LogP contribution is 2.53. The van der Waals surface area contributed by atoms with Crippen LogP contribution in [0.15, 0.2) is 51.4 Å². The SMILES string of the molecule is Cc1c(C)c(C)c(C2CC(c3cc4c(cc3Br)C(C)(C)CCC4(C)C)=CC(O)(c3ccccc3Cl)C2)c(Br)c1C. The molecule has 5 rings (SSSR count). The van der Waals surface area contributed by atoms with E-state index in [0.29, 0.717) is 11.4 Å². The lowest BCUT2D eigenvalue weighted by Gasteiger charge is -2.43. The lowest BCUT2D eigenvalue weighted by atomic mass is 9.62. The molecule has 0 radical (unpaired) electrons. The molecule has 2 unspecified atom stereocenters. The molecule has 0 saturated heterocycles. The molecule has 1 nitrogen and oxygen atoms in total. The van der Waals surface area contributed by atoms with Crippen molar-refractivity contribution in [1.29, 1.82) is 0 Å². The van der Waals surface area contributed by atoms with Crippen molar-refractivity contribution in [3.63, 3.8) is 0 Å². The largest absolute Gasteiger partial charge is 0.381 e. The summed E-state index contributed by atoms with van der Waals surface area (Å²) in [5, 5.41) is 13.1. The molecule has 0 fully saturated rings. The number of halogens is 3. The van der Waals surface area contributed by atoms with Crippen molar-refractivity contribution >= 4 is 49.0 Å². The summed E-state index contributed by atoms with van der Waals surface area (Å²) in [6.45, 7) is 18.3. The number of hydrogen-bond acceptors (Lipinski definition) is 1. The predicted molar refractivity (Wildman–Crippen MR) is 178 cm³/mol. The minimum absolute atomic E-state index is 0.0960. The Labute approximate surface area is 262 Å². The Bertz CT molecular complexity index is 1520. The maximum absolute atomic E-state index is 12.5. The van der Waals surface area contributed by atoms with Gasteiger partial charge in [-0.25, -0.2) is 0 Å². The average Bonchev–Trinajstić information content (AvgIpc) is 2.89. The van der Waals surface area contributed by atoms with Crippen LogP contribution in [0.4, 0.5) is 0 Å². The third kappa shape index (κ3) is 4.97. The van der Waals surface area contributed by atoms with Crippen molar-refractivity contribution in [2.75, 3.05) is 0 Å². The van der Waals surface area contributed by atoms with Gasteiger partial charge in [0.15, 0.2) is 0 Å².